The molecule has 2 fully saturated rings. The molecule has 0 aromatic rings. The largest absolute Gasteiger partial charge is 0.340 e. The molecule has 3 heteroatoms. The van der Waals surface area contributed by atoms with Crippen LogP contribution in [-0.4, -0.2) is 47.9 Å². The molecule has 1 aliphatic heterocycles. The third kappa shape index (κ3) is 3.25. The Bertz CT molecular complexity index is 282. The predicted octanol–water partition coefficient (Wildman–Crippen LogP) is 2.37. The zero-order chi connectivity index (χ0) is 13.1. The average molecular weight is 252 g/mol. The Labute approximate surface area is 112 Å². The van der Waals surface area contributed by atoms with Crippen LogP contribution in [0.1, 0.15) is 46.5 Å². The molecule has 0 aromatic carbocycles. The van der Waals surface area contributed by atoms with Crippen molar-refractivity contribution in [1.29, 1.82) is 0 Å². The van der Waals surface area contributed by atoms with Crippen LogP contribution in [-0.2, 0) is 4.79 Å². The van der Waals surface area contributed by atoms with E-state index in [0.29, 0.717) is 0 Å². The first-order chi connectivity index (χ1) is 8.58. The summed E-state index contributed by atoms with van der Waals surface area (Å²) >= 11 is 0. The lowest BCUT2D eigenvalue weighted by Gasteiger charge is -2.43. The molecule has 1 amide bonds. The molecule has 0 aromatic heterocycles. The lowest BCUT2D eigenvalue weighted by Crippen LogP contribution is -2.52. The van der Waals surface area contributed by atoms with E-state index in [2.05, 4.69) is 18.7 Å². The van der Waals surface area contributed by atoms with Crippen LogP contribution in [0.3, 0.4) is 0 Å². The number of piperazine rings is 1. The Morgan fingerprint density at radius 1 is 1.11 bits per heavy atom. The molecule has 2 aliphatic rings. The SMILES string of the molecule is CC(=O)N1CCN(C2CCCC(C(C)C)C2)CC1. The highest BCUT2D eigenvalue weighted by molar-refractivity contribution is 5.73. The van der Waals surface area contributed by atoms with Crippen molar-refractivity contribution in [2.75, 3.05) is 26.2 Å². The average Bonchev–Trinajstić information content (AvgIpc) is 2.39. The lowest BCUT2D eigenvalue weighted by atomic mass is 9.78. The van der Waals surface area contributed by atoms with E-state index in [1.54, 1.807) is 6.92 Å². The summed E-state index contributed by atoms with van der Waals surface area (Å²) < 4.78 is 0. The summed E-state index contributed by atoms with van der Waals surface area (Å²) in [4.78, 5) is 15.9. The number of amides is 1. The third-order valence-electron chi connectivity index (χ3n) is 4.91. The number of hydrogen-bond donors (Lipinski definition) is 0. The van der Waals surface area contributed by atoms with Gasteiger partial charge >= 0.3 is 0 Å². The van der Waals surface area contributed by atoms with Gasteiger partial charge in [-0.3, -0.25) is 9.69 Å². The van der Waals surface area contributed by atoms with E-state index in [-0.39, 0.29) is 5.91 Å². The van der Waals surface area contributed by atoms with Crippen LogP contribution in [0.25, 0.3) is 0 Å². The predicted molar refractivity (Wildman–Crippen MR) is 74.4 cm³/mol. The number of rotatable bonds is 2. The van der Waals surface area contributed by atoms with E-state index >= 15 is 0 Å². The Kier molecular flexibility index (Phi) is 4.66. The second-order valence-electron chi connectivity index (χ2n) is 6.37. The number of hydrogen-bond acceptors (Lipinski definition) is 2. The Morgan fingerprint density at radius 3 is 2.33 bits per heavy atom. The van der Waals surface area contributed by atoms with Crippen LogP contribution in [0.4, 0.5) is 0 Å². The first kappa shape index (κ1) is 13.9. The van der Waals surface area contributed by atoms with Crippen molar-refractivity contribution in [3.8, 4) is 0 Å². The van der Waals surface area contributed by atoms with E-state index in [1.165, 1.54) is 25.7 Å². The maximum atomic E-state index is 11.3. The molecule has 0 bridgehead atoms. The quantitative estimate of drug-likeness (QED) is 0.753. The standard InChI is InChI=1S/C15H28N2O/c1-12(2)14-5-4-6-15(11-14)17-9-7-16(8-10-17)13(3)18/h12,14-15H,4-11H2,1-3H3. The van der Waals surface area contributed by atoms with Crippen molar-refractivity contribution in [3.05, 3.63) is 0 Å². The highest BCUT2D eigenvalue weighted by atomic mass is 16.2. The van der Waals surface area contributed by atoms with Crippen molar-refractivity contribution in [1.82, 2.24) is 9.80 Å². The number of nitrogens with zero attached hydrogens (tertiary/aromatic N) is 2. The number of carbonyl (C=O) groups excluding carboxylic acids is 1. The number of carbonyl (C=O) groups is 1. The Hall–Kier alpha value is -0.570. The second-order valence-corrected chi connectivity index (χ2v) is 6.37. The molecule has 2 atom stereocenters. The van der Waals surface area contributed by atoms with Crippen molar-refractivity contribution in [2.45, 2.75) is 52.5 Å². The van der Waals surface area contributed by atoms with Crippen LogP contribution in [0, 0.1) is 11.8 Å². The molecule has 1 heterocycles. The van der Waals surface area contributed by atoms with E-state index in [0.717, 1.165) is 44.1 Å². The summed E-state index contributed by atoms with van der Waals surface area (Å²) in [5.41, 5.74) is 0. The molecule has 1 saturated heterocycles. The van der Waals surface area contributed by atoms with Gasteiger partial charge in [-0.25, -0.2) is 0 Å². The topological polar surface area (TPSA) is 23.6 Å². The van der Waals surface area contributed by atoms with Gasteiger partial charge in [-0.1, -0.05) is 26.7 Å². The molecule has 1 saturated carbocycles. The lowest BCUT2D eigenvalue weighted by molar-refractivity contribution is -0.131. The summed E-state index contributed by atoms with van der Waals surface area (Å²) in [6.45, 7) is 10.4. The molecular weight excluding hydrogens is 224 g/mol. The normalized spacial score (nSPS) is 30.8. The fourth-order valence-electron chi connectivity index (χ4n) is 3.54. The third-order valence-corrected chi connectivity index (χ3v) is 4.91. The zero-order valence-corrected chi connectivity index (χ0v) is 12.2. The van der Waals surface area contributed by atoms with Gasteiger partial charge in [0, 0.05) is 39.1 Å². The summed E-state index contributed by atoms with van der Waals surface area (Å²) in [7, 11) is 0. The fourth-order valence-corrected chi connectivity index (χ4v) is 3.54. The maximum absolute atomic E-state index is 11.3. The molecule has 104 valence electrons. The van der Waals surface area contributed by atoms with E-state index < -0.39 is 0 Å². The van der Waals surface area contributed by atoms with Gasteiger partial charge in [-0.15, -0.1) is 0 Å². The van der Waals surface area contributed by atoms with Crippen molar-refractivity contribution in [2.24, 2.45) is 11.8 Å². The van der Waals surface area contributed by atoms with Gasteiger partial charge in [-0.05, 0) is 24.7 Å². The van der Waals surface area contributed by atoms with Crippen LogP contribution in [0.15, 0.2) is 0 Å². The Morgan fingerprint density at radius 2 is 1.78 bits per heavy atom. The van der Waals surface area contributed by atoms with Crippen molar-refractivity contribution >= 4 is 5.91 Å². The molecule has 2 rings (SSSR count). The Balaban J connectivity index is 1.84. The molecule has 3 nitrogen and oxygen atoms in total. The van der Waals surface area contributed by atoms with Crippen LogP contribution >= 0.6 is 0 Å². The molecule has 1 aliphatic carbocycles. The molecule has 2 unspecified atom stereocenters. The first-order valence-corrected chi connectivity index (χ1v) is 7.57. The van der Waals surface area contributed by atoms with Gasteiger partial charge in [0.05, 0.1) is 0 Å². The monoisotopic (exact) mass is 252 g/mol. The molecule has 0 N–H and O–H groups in total. The highest BCUT2D eigenvalue weighted by Gasteiger charge is 2.30. The van der Waals surface area contributed by atoms with Gasteiger partial charge in [0.1, 0.15) is 0 Å². The summed E-state index contributed by atoms with van der Waals surface area (Å²) in [5.74, 6) is 1.97. The highest BCUT2D eigenvalue weighted by Crippen LogP contribution is 2.32. The smallest absolute Gasteiger partial charge is 0.219 e. The zero-order valence-electron chi connectivity index (χ0n) is 12.2. The first-order valence-electron chi connectivity index (χ1n) is 7.57. The second kappa shape index (κ2) is 6.05. The molecular formula is C15H28N2O. The van der Waals surface area contributed by atoms with E-state index in [4.69, 9.17) is 0 Å². The van der Waals surface area contributed by atoms with Gasteiger partial charge in [-0.2, -0.15) is 0 Å². The molecule has 0 radical (unpaired) electrons. The summed E-state index contributed by atoms with van der Waals surface area (Å²) in [6, 6.07) is 0.778. The van der Waals surface area contributed by atoms with Crippen LogP contribution in [0.2, 0.25) is 0 Å². The minimum Gasteiger partial charge on any atom is -0.340 e. The van der Waals surface area contributed by atoms with Crippen molar-refractivity contribution in [3.63, 3.8) is 0 Å². The van der Waals surface area contributed by atoms with Gasteiger partial charge in [0.2, 0.25) is 5.91 Å². The minimum atomic E-state index is 0.235. The van der Waals surface area contributed by atoms with Crippen molar-refractivity contribution < 1.29 is 4.79 Å². The molecule has 0 spiro atoms. The fraction of sp³-hybridized carbons (Fsp3) is 0.933. The van der Waals surface area contributed by atoms with Crippen LogP contribution in [0.5, 0.6) is 0 Å². The summed E-state index contributed by atoms with van der Waals surface area (Å²) in [5, 5.41) is 0. The molecule has 18 heavy (non-hydrogen) atoms. The summed E-state index contributed by atoms with van der Waals surface area (Å²) in [6.07, 6.45) is 5.54. The van der Waals surface area contributed by atoms with Gasteiger partial charge in [0.15, 0.2) is 0 Å². The van der Waals surface area contributed by atoms with Crippen LogP contribution < -0.4 is 0 Å². The minimum absolute atomic E-state index is 0.235. The van der Waals surface area contributed by atoms with Gasteiger partial charge < -0.3 is 4.90 Å². The van der Waals surface area contributed by atoms with Gasteiger partial charge in [0.25, 0.3) is 0 Å². The maximum Gasteiger partial charge on any atom is 0.219 e. The van der Waals surface area contributed by atoms with E-state index in [1.807, 2.05) is 4.90 Å². The van der Waals surface area contributed by atoms with E-state index in [9.17, 15) is 4.79 Å².